The molecule has 1 aromatic rings. The molecule has 0 saturated carbocycles. The van der Waals surface area contributed by atoms with Crippen LogP contribution >= 0.6 is 0 Å². The summed E-state index contributed by atoms with van der Waals surface area (Å²) in [5.41, 5.74) is 7.45. The van der Waals surface area contributed by atoms with E-state index in [1.54, 1.807) is 0 Å². The number of carbonyl (C=O) groups is 1. The maximum Gasteiger partial charge on any atom is 0.308 e. The minimum atomic E-state index is -0.736. The molecule has 1 aliphatic heterocycles. The van der Waals surface area contributed by atoms with E-state index in [1.807, 2.05) is 24.3 Å². The van der Waals surface area contributed by atoms with Gasteiger partial charge in [-0.3, -0.25) is 4.79 Å². The molecular formula is C12H16N2O2. The monoisotopic (exact) mass is 220 g/mol. The summed E-state index contributed by atoms with van der Waals surface area (Å²) in [4.78, 5) is 11.2. The topological polar surface area (TPSA) is 75.3 Å². The van der Waals surface area contributed by atoms with E-state index in [9.17, 15) is 4.79 Å². The molecule has 2 rings (SSSR count). The SMILES string of the molecule is Nc1cccc(C2CCNCC2C(=O)O)c1. The fourth-order valence-electron chi connectivity index (χ4n) is 2.31. The first-order valence-electron chi connectivity index (χ1n) is 5.47. The molecule has 0 amide bonds. The van der Waals surface area contributed by atoms with Gasteiger partial charge in [0.05, 0.1) is 5.92 Å². The van der Waals surface area contributed by atoms with Crippen LogP contribution in [0.1, 0.15) is 17.9 Å². The zero-order valence-corrected chi connectivity index (χ0v) is 9.02. The smallest absolute Gasteiger partial charge is 0.308 e. The van der Waals surface area contributed by atoms with Crippen molar-refractivity contribution < 1.29 is 9.90 Å². The van der Waals surface area contributed by atoms with Gasteiger partial charge in [0.15, 0.2) is 0 Å². The highest BCUT2D eigenvalue weighted by atomic mass is 16.4. The summed E-state index contributed by atoms with van der Waals surface area (Å²) in [6.07, 6.45) is 0.848. The van der Waals surface area contributed by atoms with Crippen molar-refractivity contribution in [1.82, 2.24) is 5.32 Å². The molecule has 4 nitrogen and oxygen atoms in total. The summed E-state index contributed by atoms with van der Waals surface area (Å²) in [5, 5.41) is 12.3. The first kappa shape index (κ1) is 11.0. The average Bonchev–Trinajstić information content (AvgIpc) is 2.29. The summed E-state index contributed by atoms with van der Waals surface area (Å²) in [5.74, 6) is -1.02. The second-order valence-electron chi connectivity index (χ2n) is 4.21. The second kappa shape index (κ2) is 4.53. The number of anilines is 1. The Labute approximate surface area is 94.5 Å². The third kappa shape index (κ3) is 2.17. The lowest BCUT2D eigenvalue weighted by Crippen LogP contribution is -2.39. The van der Waals surface area contributed by atoms with Gasteiger partial charge in [-0.2, -0.15) is 0 Å². The minimum absolute atomic E-state index is 0.0715. The lowest BCUT2D eigenvalue weighted by molar-refractivity contribution is -0.142. The third-order valence-electron chi connectivity index (χ3n) is 3.14. The first-order valence-corrected chi connectivity index (χ1v) is 5.47. The van der Waals surface area contributed by atoms with Gasteiger partial charge in [0, 0.05) is 12.2 Å². The number of piperidine rings is 1. The van der Waals surface area contributed by atoms with E-state index in [4.69, 9.17) is 10.8 Å². The minimum Gasteiger partial charge on any atom is -0.481 e. The molecule has 2 atom stereocenters. The highest BCUT2D eigenvalue weighted by molar-refractivity contribution is 5.72. The molecule has 0 aromatic heterocycles. The van der Waals surface area contributed by atoms with E-state index < -0.39 is 5.97 Å². The Balaban J connectivity index is 2.26. The number of nitrogens with two attached hydrogens (primary N) is 1. The zero-order chi connectivity index (χ0) is 11.5. The van der Waals surface area contributed by atoms with Crippen molar-refractivity contribution >= 4 is 11.7 Å². The van der Waals surface area contributed by atoms with Crippen molar-refractivity contribution in [3.05, 3.63) is 29.8 Å². The van der Waals surface area contributed by atoms with Gasteiger partial charge in [-0.15, -0.1) is 0 Å². The van der Waals surface area contributed by atoms with Gasteiger partial charge in [0.2, 0.25) is 0 Å². The van der Waals surface area contributed by atoms with Crippen molar-refractivity contribution in [1.29, 1.82) is 0 Å². The predicted molar refractivity (Wildman–Crippen MR) is 62.2 cm³/mol. The summed E-state index contributed by atoms with van der Waals surface area (Å²) in [7, 11) is 0. The summed E-state index contributed by atoms with van der Waals surface area (Å²) in [6, 6.07) is 7.54. The van der Waals surface area contributed by atoms with E-state index in [-0.39, 0.29) is 11.8 Å². The molecule has 1 aromatic carbocycles. The number of benzene rings is 1. The van der Waals surface area contributed by atoms with Crippen molar-refractivity contribution in [2.75, 3.05) is 18.8 Å². The number of nitrogen functional groups attached to an aromatic ring is 1. The molecule has 4 heteroatoms. The van der Waals surface area contributed by atoms with Crippen LogP contribution in [0.25, 0.3) is 0 Å². The van der Waals surface area contributed by atoms with Crippen LogP contribution < -0.4 is 11.1 Å². The van der Waals surface area contributed by atoms with Crippen LogP contribution in [-0.4, -0.2) is 24.2 Å². The average molecular weight is 220 g/mol. The van der Waals surface area contributed by atoms with Gasteiger partial charge < -0.3 is 16.2 Å². The van der Waals surface area contributed by atoms with Crippen LogP contribution in [0.2, 0.25) is 0 Å². The highest BCUT2D eigenvalue weighted by Crippen LogP contribution is 2.31. The Bertz CT molecular complexity index is 392. The lowest BCUT2D eigenvalue weighted by atomic mass is 9.81. The van der Waals surface area contributed by atoms with Crippen LogP contribution in [0.5, 0.6) is 0 Å². The van der Waals surface area contributed by atoms with Crippen LogP contribution in [0.3, 0.4) is 0 Å². The van der Waals surface area contributed by atoms with Gasteiger partial charge in [0.1, 0.15) is 0 Å². The molecule has 1 aliphatic rings. The Kier molecular flexibility index (Phi) is 3.10. The van der Waals surface area contributed by atoms with E-state index in [0.29, 0.717) is 12.2 Å². The van der Waals surface area contributed by atoms with Crippen LogP contribution in [0, 0.1) is 5.92 Å². The number of rotatable bonds is 2. The molecule has 4 N–H and O–H groups in total. The number of aliphatic carboxylic acids is 1. The van der Waals surface area contributed by atoms with E-state index in [0.717, 1.165) is 18.5 Å². The Hall–Kier alpha value is -1.55. The molecule has 0 spiro atoms. The normalized spacial score (nSPS) is 25.2. The molecule has 0 radical (unpaired) electrons. The van der Waals surface area contributed by atoms with Crippen molar-refractivity contribution in [3.63, 3.8) is 0 Å². The summed E-state index contributed by atoms with van der Waals surface area (Å²) < 4.78 is 0. The maximum atomic E-state index is 11.2. The molecule has 1 fully saturated rings. The van der Waals surface area contributed by atoms with Gasteiger partial charge in [-0.1, -0.05) is 12.1 Å². The molecule has 86 valence electrons. The molecule has 1 heterocycles. The van der Waals surface area contributed by atoms with Crippen molar-refractivity contribution in [2.24, 2.45) is 5.92 Å². The van der Waals surface area contributed by atoms with E-state index in [2.05, 4.69) is 5.32 Å². The molecule has 2 unspecified atom stereocenters. The fraction of sp³-hybridized carbons (Fsp3) is 0.417. The van der Waals surface area contributed by atoms with Crippen LogP contribution in [0.4, 0.5) is 5.69 Å². The number of nitrogens with one attached hydrogen (secondary N) is 1. The number of hydrogen-bond acceptors (Lipinski definition) is 3. The molecule has 0 aliphatic carbocycles. The molecule has 0 bridgehead atoms. The Morgan fingerprint density at radius 3 is 3.00 bits per heavy atom. The molecular weight excluding hydrogens is 204 g/mol. The zero-order valence-electron chi connectivity index (χ0n) is 9.02. The quantitative estimate of drug-likeness (QED) is 0.651. The van der Waals surface area contributed by atoms with Gasteiger partial charge >= 0.3 is 5.97 Å². The van der Waals surface area contributed by atoms with Gasteiger partial charge in [0.25, 0.3) is 0 Å². The Morgan fingerprint density at radius 1 is 1.50 bits per heavy atom. The standard InChI is InChI=1S/C12H16N2O2/c13-9-3-1-2-8(6-9)10-4-5-14-7-11(10)12(15)16/h1-3,6,10-11,14H,4-5,7,13H2,(H,15,16). The molecule has 16 heavy (non-hydrogen) atoms. The lowest BCUT2D eigenvalue weighted by Gasteiger charge is -2.29. The first-order chi connectivity index (χ1) is 7.68. The number of hydrogen-bond donors (Lipinski definition) is 3. The largest absolute Gasteiger partial charge is 0.481 e. The maximum absolute atomic E-state index is 11.2. The van der Waals surface area contributed by atoms with Crippen molar-refractivity contribution in [2.45, 2.75) is 12.3 Å². The van der Waals surface area contributed by atoms with Crippen molar-refractivity contribution in [3.8, 4) is 0 Å². The fourth-order valence-corrected chi connectivity index (χ4v) is 2.31. The summed E-state index contributed by atoms with van der Waals surface area (Å²) >= 11 is 0. The van der Waals surface area contributed by atoms with E-state index in [1.165, 1.54) is 0 Å². The Morgan fingerprint density at radius 2 is 2.31 bits per heavy atom. The predicted octanol–water partition coefficient (Wildman–Crippen LogP) is 1.05. The van der Waals surface area contributed by atoms with E-state index >= 15 is 0 Å². The van der Waals surface area contributed by atoms with Crippen LogP contribution in [0.15, 0.2) is 24.3 Å². The third-order valence-corrected chi connectivity index (χ3v) is 3.14. The molecule has 1 saturated heterocycles. The van der Waals surface area contributed by atoms with Gasteiger partial charge in [-0.25, -0.2) is 0 Å². The summed E-state index contributed by atoms with van der Waals surface area (Å²) in [6.45, 7) is 1.40. The van der Waals surface area contributed by atoms with Gasteiger partial charge in [-0.05, 0) is 36.6 Å². The number of carboxylic acid groups (broad SMARTS) is 1. The second-order valence-corrected chi connectivity index (χ2v) is 4.21. The van der Waals surface area contributed by atoms with Crippen LogP contribution in [-0.2, 0) is 4.79 Å². The number of carboxylic acids is 1. The highest BCUT2D eigenvalue weighted by Gasteiger charge is 2.31.